The lowest BCUT2D eigenvalue weighted by Crippen LogP contribution is -2.21. The molecule has 0 aliphatic heterocycles. The summed E-state index contributed by atoms with van der Waals surface area (Å²) in [6.45, 7) is 1.32. The molecule has 3 rings (SSSR count). The molecule has 11 heteroatoms. The van der Waals surface area contributed by atoms with Crippen molar-refractivity contribution >= 4 is 58.1 Å². The maximum Gasteiger partial charge on any atom is 0.340 e. The third kappa shape index (κ3) is 6.29. The first-order valence-electron chi connectivity index (χ1n) is 8.85. The molecule has 0 fully saturated rings. The van der Waals surface area contributed by atoms with Crippen LogP contribution in [-0.2, 0) is 9.53 Å². The van der Waals surface area contributed by atoms with E-state index >= 15 is 0 Å². The van der Waals surface area contributed by atoms with Gasteiger partial charge in [-0.3, -0.25) is 14.9 Å². The summed E-state index contributed by atoms with van der Waals surface area (Å²) in [7, 11) is 0. The van der Waals surface area contributed by atoms with Crippen molar-refractivity contribution in [3.8, 4) is 0 Å². The summed E-state index contributed by atoms with van der Waals surface area (Å²) < 4.78 is 5.80. The molecule has 1 aromatic heterocycles. The molecule has 2 aromatic carbocycles. The van der Waals surface area contributed by atoms with E-state index in [9.17, 15) is 19.7 Å². The van der Waals surface area contributed by atoms with Crippen LogP contribution >= 0.6 is 34.9 Å². The average molecular weight is 476 g/mol. The van der Waals surface area contributed by atoms with Crippen molar-refractivity contribution in [1.29, 1.82) is 0 Å². The first-order chi connectivity index (χ1) is 14.9. The van der Waals surface area contributed by atoms with Gasteiger partial charge < -0.3 is 10.1 Å². The SMILES string of the molecule is CSc1ccc(NC(=O)COC(=O)c2cc([N+](=O)[O-])ccc2Sc2nc(C)cs2)cc1. The van der Waals surface area contributed by atoms with E-state index in [1.807, 2.05) is 30.7 Å². The standard InChI is InChI=1S/C20H17N3O5S3/c1-12-11-30-20(21-12)31-17-8-5-14(23(26)27)9-16(17)19(25)28-10-18(24)22-13-3-6-15(29-2)7-4-13/h3-9,11H,10H2,1-2H3,(H,22,24). The van der Waals surface area contributed by atoms with E-state index < -0.39 is 23.4 Å². The van der Waals surface area contributed by atoms with Crippen molar-refractivity contribution < 1.29 is 19.2 Å². The van der Waals surface area contributed by atoms with Gasteiger partial charge in [0.25, 0.3) is 11.6 Å². The number of ether oxygens (including phenoxy) is 1. The van der Waals surface area contributed by atoms with Gasteiger partial charge in [-0.05, 0) is 43.5 Å². The predicted octanol–water partition coefficient (Wildman–Crippen LogP) is 5.03. The molecule has 0 bridgehead atoms. The molecule has 0 aliphatic rings. The summed E-state index contributed by atoms with van der Waals surface area (Å²) in [5, 5.41) is 15.6. The number of nitrogens with one attached hydrogen (secondary N) is 1. The number of hydrogen-bond donors (Lipinski definition) is 1. The third-order valence-corrected chi connectivity index (χ3v) is 6.77. The van der Waals surface area contributed by atoms with Crippen LogP contribution in [0, 0.1) is 17.0 Å². The van der Waals surface area contributed by atoms with Gasteiger partial charge in [-0.25, -0.2) is 9.78 Å². The van der Waals surface area contributed by atoms with Crippen LogP contribution in [0.2, 0.25) is 0 Å². The van der Waals surface area contributed by atoms with Gasteiger partial charge in [0.2, 0.25) is 0 Å². The zero-order chi connectivity index (χ0) is 22.4. The maximum absolute atomic E-state index is 12.6. The summed E-state index contributed by atoms with van der Waals surface area (Å²) in [4.78, 5) is 41.1. The van der Waals surface area contributed by atoms with Crippen molar-refractivity contribution in [3.63, 3.8) is 0 Å². The number of thiazole rings is 1. The molecular weight excluding hydrogens is 458 g/mol. The Bertz CT molecular complexity index is 1120. The molecular formula is C20H17N3O5S3. The lowest BCUT2D eigenvalue weighted by atomic mass is 10.2. The van der Waals surface area contributed by atoms with Gasteiger partial charge in [0, 0.05) is 38.7 Å². The van der Waals surface area contributed by atoms with Crippen LogP contribution in [0.4, 0.5) is 11.4 Å². The molecule has 0 spiro atoms. The van der Waals surface area contributed by atoms with E-state index in [1.165, 1.54) is 35.2 Å². The Kier molecular flexibility index (Phi) is 7.66. The molecule has 1 N–H and O–H groups in total. The highest BCUT2D eigenvalue weighted by Crippen LogP contribution is 2.34. The summed E-state index contributed by atoms with van der Waals surface area (Å²) in [5.74, 6) is -1.34. The minimum Gasteiger partial charge on any atom is -0.452 e. The number of carbonyl (C=O) groups is 2. The quantitative estimate of drug-likeness (QED) is 0.209. The second-order valence-corrected chi connectivity index (χ2v) is 9.17. The average Bonchev–Trinajstić information content (AvgIpc) is 3.17. The summed E-state index contributed by atoms with van der Waals surface area (Å²) >= 11 is 4.18. The minimum absolute atomic E-state index is 0.00387. The van der Waals surface area contributed by atoms with Gasteiger partial charge in [-0.1, -0.05) is 11.8 Å². The van der Waals surface area contributed by atoms with E-state index in [4.69, 9.17) is 4.74 Å². The van der Waals surface area contributed by atoms with Gasteiger partial charge >= 0.3 is 5.97 Å². The van der Waals surface area contributed by atoms with Crippen LogP contribution in [0.15, 0.2) is 62.0 Å². The number of esters is 1. The summed E-state index contributed by atoms with van der Waals surface area (Å²) in [6, 6.07) is 11.1. The molecule has 1 amide bonds. The maximum atomic E-state index is 12.6. The number of aromatic nitrogens is 1. The van der Waals surface area contributed by atoms with E-state index in [0.29, 0.717) is 14.9 Å². The van der Waals surface area contributed by atoms with Crippen LogP contribution in [-0.4, -0.2) is 34.6 Å². The predicted molar refractivity (Wildman–Crippen MR) is 121 cm³/mol. The van der Waals surface area contributed by atoms with Crippen LogP contribution < -0.4 is 5.32 Å². The zero-order valence-corrected chi connectivity index (χ0v) is 18.9. The van der Waals surface area contributed by atoms with Crippen LogP contribution in [0.25, 0.3) is 0 Å². The Hall–Kier alpha value is -2.89. The Morgan fingerprint density at radius 3 is 2.58 bits per heavy atom. The summed E-state index contributed by atoms with van der Waals surface area (Å²) in [6.07, 6.45) is 1.95. The number of carbonyl (C=O) groups excluding carboxylic acids is 2. The topological polar surface area (TPSA) is 111 Å². The zero-order valence-electron chi connectivity index (χ0n) is 16.5. The first-order valence-corrected chi connectivity index (χ1v) is 11.8. The highest BCUT2D eigenvalue weighted by Gasteiger charge is 2.20. The highest BCUT2D eigenvalue weighted by molar-refractivity contribution is 8.01. The van der Waals surface area contributed by atoms with Crippen LogP contribution in [0.3, 0.4) is 0 Å². The molecule has 0 saturated carbocycles. The number of thioether (sulfide) groups is 1. The van der Waals surface area contributed by atoms with Gasteiger partial charge in [-0.15, -0.1) is 23.1 Å². The lowest BCUT2D eigenvalue weighted by molar-refractivity contribution is -0.384. The summed E-state index contributed by atoms with van der Waals surface area (Å²) in [5.41, 5.74) is 1.17. The number of rotatable bonds is 8. The minimum atomic E-state index is -0.827. The molecule has 0 radical (unpaired) electrons. The van der Waals surface area contributed by atoms with Gasteiger partial charge in [0.05, 0.1) is 10.5 Å². The van der Waals surface area contributed by atoms with Gasteiger partial charge in [0.15, 0.2) is 10.9 Å². The van der Waals surface area contributed by atoms with Gasteiger partial charge in [0.1, 0.15) is 0 Å². The van der Waals surface area contributed by atoms with Crippen molar-refractivity contribution in [1.82, 2.24) is 4.98 Å². The molecule has 1 heterocycles. The number of nitro groups is 1. The lowest BCUT2D eigenvalue weighted by Gasteiger charge is -2.09. The van der Waals surface area contributed by atoms with Crippen molar-refractivity contribution in [3.05, 3.63) is 69.2 Å². The second-order valence-electron chi connectivity index (χ2n) is 6.15. The Morgan fingerprint density at radius 2 is 1.97 bits per heavy atom. The highest BCUT2D eigenvalue weighted by atomic mass is 32.2. The molecule has 0 aliphatic carbocycles. The fourth-order valence-corrected chi connectivity index (χ4v) is 4.73. The number of non-ortho nitro benzene ring substituents is 1. The van der Waals surface area contributed by atoms with Crippen LogP contribution in [0.1, 0.15) is 16.1 Å². The van der Waals surface area contributed by atoms with E-state index in [2.05, 4.69) is 10.3 Å². The molecule has 0 atom stereocenters. The number of aryl methyl sites for hydroxylation is 1. The molecule has 0 unspecified atom stereocenters. The third-order valence-electron chi connectivity index (χ3n) is 3.90. The fourth-order valence-electron chi connectivity index (χ4n) is 2.43. The van der Waals surface area contributed by atoms with Crippen molar-refractivity contribution in [2.45, 2.75) is 21.1 Å². The van der Waals surface area contributed by atoms with Gasteiger partial charge in [-0.2, -0.15) is 0 Å². The molecule has 0 saturated heterocycles. The van der Waals surface area contributed by atoms with E-state index in [-0.39, 0.29) is 11.3 Å². The second kappa shape index (κ2) is 10.4. The smallest absolute Gasteiger partial charge is 0.340 e. The Balaban J connectivity index is 1.70. The number of anilines is 1. The Morgan fingerprint density at radius 1 is 1.23 bits per heavy atom. The molecule has 31 heavy (non-hydrogen) atoms. The molecule has 3 aromatic rings. The number of nitro benzene ring substituents is 1. The fraction of sp³-hybridized carbons (Fsp3) is 0.150. The van der Waals surface area contributed by atoms with Crippen molar-refractivity contribution in [2.75, 3.05) is 18.2 Å². The molecule has 8 nitrogen and oxygen atoms in total. The van der Waals surface area contributed by atoms with Crippen molar-refractivity contribution in [2.24, 2.45) is 0 Å². The normalized spacial score (nSPS) is 10.5. The number of nitrogens with zero attached hydrogens (tertiary/aromatic N) is 2. The first kappa shape index (κ1) is 22.8. The van der Waals surface area contributed by atoms with E-state index in [1.54, 1.807) is 23.9 Å². The number of amides is 1. The van der Waals surface area contributed by atoms with E-state index in [0.717, 1.165) is 16.7 Å². The van der Waals surface area contributed by atoms with Crippen LogP contribution in [0.5, 0.6) is 0 Å². The Labute approximate surface area is 190 Å². The number of hydrogen-bond acceptors (Lipinski definition) is 9. The molecule has 160 valence electrons. The monoisotopic (exact) mass is 475 g/mol. The largest absolute Gasteiger partial charge is 0.452 e. The number of benzene rings is 2.